The Kier molecular flexibility index (Phi) is 1.77. The van der Waals surface area contributed by atoms with Crippen LogP contribution < -0.4 is 11.1 Å². The van der Waals surface area contributed by atoms with Crippen molar-refractivity contribution < 1.29 is 0 Å². The fourth-order valence-electron chi connectivity index (χ4n) is 1.81. The van der Waals surface area contributed by atoms with Crippen molar-refractivity contribution in [3.8, 4) is 0 Å². The lowest BCUT2D eigenvalue weighted by atomic mass is 10.1. The molecule has 0 saturated heterocycles. The van der Waals surface area contributed by atoms with Gasteiger partial charge in [0.25, 0.3) is 0 Å². The van der Waals surface area contributed by atoms with Gasteiger partial charge >= 0.3 is 0 Å². The second kappa shape index (κ2) is 2.79. The van der Waals surface area contributed by atoms with E-state index < -0.39 is 0 Å². The van der Waals surface area contributed by atoms with E-state index in [1.54, 1.807) is 0 Å². The van der Waals surface area contributed by atoms with Gasteiger partial charge in [0.1, 0.15) is 0 Å². The second-order valence-corrected chi connectivity index (χ2v) is 3.40. The first-order valence-corrected chi connectivity index (χ1v) is 4.38. The van der Waals surface area contributed by atoms with Crippen molar-refractivity contribution in [1.29, 1.82) is 0 Å². The van der Waals surface area contributed by atoms with Crippen molar-refractivity contribution in [3.63, 3.8) is 0 Å². The normalized spacial score (nSPS) is 20.3. The Balaban J connectivity index is 2.44. The molecule has 2 rings (SSSR count). The molecule has 1 heterocycles. The number of para-hydroxylation sites is 1. The molecule has 1 aromatic rings. The third-order valence-electron chi connectivity index (χ3n) is 2.37. The molecule has 1 aromatic carbocycles. The summed E-state index contributed by atoms with van der Waals surface area (Å²) < 4.78 is 0. The van der Waals surface area contributed by atoms with E-state index in [1.165, 1.54) is 16.8 Å². The zero-order valence-electron chi connectivity index (χ0n) is 7.30. The predicted molar refractivity (Wildman–Crippen MR) is 51.1 cm³/mol. The maximum absolute atomic E-state index is 5.63. The van der Waals surface area contributed by atoms with Crippen LogP contribution in [0.1, 0.15) is 18.1 Å². The summed E-state index contributed by atoms with van der Waals surface area (Å²) in [7, 11) is 0. The first kappa shape index (κ1) is 7.62. The zero-order chi connectivity index (χ0) is 8.55. The maximum atomic E-state index is 5.63. The average molecular weight is 162 g/mol. The Labute approximate surface area is 72.8 Å². The van der Waals surface area contributed by atoms with Gasteiger partial charge in [0.05, 0.1) is 0 Å². The van der Waals surface area contributed by atoms with Gasteiger partial charge in [-0.05, 0) is 24.5 Å². The number of rotatable bonds is 1. The molecule has 0 fully saturated rings. The fraction of sp³-hybridized carbons (Fsp3) is 0.400. The van der Waals surface area contributed by atoms with Gasteiger partial charge in [-0.15, -0.1) is 0 Å². The summed E-state index contributed by atoms with van der Waals surface area (Å²) in [6.07, 6.45) is 1.13. The van der Waals surface area contributed by atoms with Gasteiger partial charge in [0.2, 0.25) is 0 Å². The molecule has 3 N–H and O–H groups in total. The Morgan fingerprint density at radius 3 is 3.17 bits per heavy atom. The first-order valence-electron chi connectivity index (χ1n) is 4.38. The summed E-state index contributed by atoms with van der Waals surface area (Å²) in [6.45, 7) is 2.82. The van der Waals surface area contributed by atoms with Crippen LogP contribution in [0.3, 0.4) is 0 Å². The summed E-state index contributed by atoms with van der Waals surface area (Å²) in [4.78, 5) is 0. The van der Waals surface area contributed by atoms with Crippen molar-refractivity contribution >= 4 is 5.69 Å². The van der Waals surface area contributed by atoms with E-state index in [1.807, 2.05) is 0 Å². The van der Waals surface area contributed by atoms with Gasteiger partial charge in [0, 0.05) is 18.3 Å². The SMILES string of the molecule is CC1Cc2cccc(CN)c2N1. The summed E-state index contributed by atoms with van der Waals surface area (Å²) in [6, 6.07) is 6.91. The topological polar surface area (TPSA) is 38.0 Å². The van der Waals surface area contributed by atoms with Crippen LogP contribution in [0.5, 0.6) is 0 Å². The monoisotopic (exact) mass is 162 g/mol. The molecule has 2 heteroatoms. The van der Waals surface area contributed by atoms with E-state index in [9.17, 15) is 0 Å². The van der Waals surface area contributed by atoms with Gasteiger partial charge in [-0.1, -0.05) is 18.2 Å². The van der Waals surface area contributed by atoms with E-state index in [-0.39, 0.29) is 0 Å². The molecule has 0 spiro atoms. The molecule has 1 unspecified atom stereocenters. The molecule has 64 valence electrons. The lowest BCUT2D eigenvalue weighted by Crippen LogP contribution is -2.10. The van der Waals surface area contributed by atoms with E-state index in [0.29, 0.717) is 12.6 Å². The number of fused-ring (bicyclic) bond motifs is 1. The van der Waals surface area contributed by atoms with E-state index >= 15 is 0 Å². The number of anilines is 1. The van der Waals surface area contributed by atoms with E-state index in [0.717, 1.165) is 6.42 Å². The fourth-order valence-corrected chi connectivity index (χ4v) is 1.81. The van der Waals surface area contributed by atoms with Crippen LogP contribution in [-0.4, -0.2) is 6.04 Å². The van der Waals surface area contributed by atoms with Crippen LogP contribution in [0.2, 0.25) is 0 Å². The van der Waals surface area contributed by atoms with E-state index in [2.05, 4.69) is 30.4 Å². The Bertz CT molecular complexity index is 294. The molecule has 0 amide bonds. The molecule has 0 aromatic heterocycles. The van der Waals surface area contributed by atoms with Gasteiger partial charge < -0.3 is 11.1 Å². The minimum absolute atomic E-state index is 0.563. The minimum atomic E-state index is 0.563. The van der Waals surface area contributed by atoms with Crippen LogP contribution in [0.25, 0.3) is 0 Å². The van der Waals surface area contributed by atoms with Gasteiger partial charge in [-0.25, -0.2) is 0 Å². The number of nitrogens with one attached hydrogen (secondary N) is 1. The Hall–Kier alpha value is -1.02. The van der Waals surface area contributed by atoms with Crippen LogP contribution >= 0.6 is 0 Å². The van der Waals surface area contributed by atoms with Crippen LogP contribution in [0, 0.1) is 0 Å². The largest absolute Gasteiger partial charge is 0.382 e. The summed E-state index contributed by atoms with van der Waals surface area (Å²) >= 11 is 0. The molecule has 1 aliphatic heterocycles. The third-order valence-corrected chi connectivity index (χ3v) is 2.37. The third kappa shape index (κ3) is 1.08. The van der Waals surface area contributed by atoms with Crippen molar-refractivity contribution in [1.82, 2.24) is 0 Å². The molecule has 1 aliphatic rings. The highest BCUT2D eigenvalue weighted by Gasteiger charge is 2.17. The number of hydrogen-bond acceptors (Lipinski definition) is 2. The molecule has 12 heavy (non-hydrogen) atoms. The summed E-state index contributed by atoms with van der Waals surface area (Å²) in [5.74, 6) is 0. The quantitative estimate of drug-likeness (QED) is 0.656. The zero-order valence-corrected chi connectivity index (χ0v) is 7.30. The smallest absolute Gasteiger partial charge is 0.0421 e. The lowest BCUT2D eigenvalue weighted by molar-refractivity contribution is 0.839. The predicted octanol–water partition coefficient (Wildman–Crippen LogP) is 1.50. The van der Waals surface area contributed by atoms with Gasteiger partial charge in [0.15, 0.2) is 0 Å². The molecule has 0 bridgehead atoms. The standard InChI is InChI=1S/C10H14N2/c1-7-5-8-3-2-4-9(6-11)10(8)12-7/h2-4,7,12H,5-6,11H2,1H3. The van der Waals surface area contributed by atoms with Crippen molar-refractivity contribution in [2.24, 2.45) is 5.73 Å². The van der Waals surface area contributed by atoms with Crippen LogP contribution in [0.15, 0.2) is 18.2 Å². The minimum Gasteiger partial charge on any atom is -0.382 e. The molecule has 2 nitrogen and oxygen atoms in total. The average Bonchev–Trinajstić information content (AvgIpc) is 2.44. The van der Waals surface area contributed by atoms with Crippen LogP contribution in [0.4, 0.5) is 5.69 Å². The van der Waals surface area contributed by atoms with Crippen molar-refractivity contribution in [2.45, 2.75) is 25.9 Å². The second-order valence-electron chi connectivity index (χ2n) is 3.40. The Morgan fingerprint density at radius 1 is 1.58 bits per heavy atom. The Morgan fingerprint density at radius 2 is 2.42 bits per heavy atom. The van der Waals surface area contributed by atoms with Crippen LogP contribution in [-0.2, 0) is 13.0 Å². The molecule has 0 saturated carbocycles. The summed E-state index contributed by atoms with van der Waals surface area (Å²) in [5, 5.41) is 3.44. The van der Waals surface area contributed by atoms with Crippen molar-refractivity contribution in [3.05, 3.63) is 29.3 Å². The summed E-state index contributed by atoms with van der Waals surface area (Å²) in [5.41, 5.74) is 9.54. The lowest BCUT2D eigenvalue weighted by Gasteiger charge is -2.07. The highest BCUT2D eigenvalue weighted by molar-refractivity contribution is 5.62. The molecule has 0 radical (unpaired) electrons. The highest BCUT2D eigenvalue weighted by atomic mass is 14.9. The number of hydrogen-bond donors (Lipinski definition) is 2. The number of nitrogens with two attached hydrogens (primary N) is 1. The maximum Gasteiger partial charge on any atom is 0.0421 e. The number of benzene rings is 1. The first-order chi connectivity index (χ1) is 5.81. The molecular formula is C10H14N2. The van der Waals surface area contributed by atoms with Crippen molar-refractivity contribution in [2.75, 3.05) is 5.32 Å². The molecular weight excluding hydrogens is 148 g/mol. The molecule has 1 atom stereocenters. The van der Waals surface area contributed by atoms with Gasteiger partial charge in [-0.2, -0.15) is 0 Å². The highest BCUT2D eigenvalue weighted by Crippen LogP contribution is 2.28. The van der Waals surface area contributed by atoms with E-state index in [4.69, 9.17) is 5.73 Å². The van der Waals surface area contributed by atoms with Gasteiger partial charge in [-0.3, -0.25) is 0 Å². The molecule has 0 aliphatic carbocycles.